The van der Waals surface area contributed by atoms with Crippen LogP contribution in [0.1, 0.15) is 56.9 Å². The maximum absolute atomic E-state index is 13.7. The molecule has 2 nitrogen and oxygen atoms in total. The molecular formula is C31H20O2S7. The summed E-state index contributed by atoms with van der Waals surface area (Å²) in [7, 11) is 0. The Hall–Kier alpha value is -2.24. The summed E-state index contributed by atoms with van der Waals surface area (Å²) in [4.78, 5) is 38.5. The number of aryl methyl sites for hydroxylation is 5. The minimum absolute atomic E-state index is 0.00586. The second kappa shape index (κ2) is 8.88. The van der Waals surface area contributed by atoms with E-state index >= 15 is 0 Å². The van der Waals surface area contributed by atoms with E-state index in [4.69, 9.17) is 0 Å². The molecule has 0 saturated carbocycles. The Balaban J connectivity index is 1.25. The van der Waals surface area contributed by atoms with Crippen LogP contribution in [0.3, 0.4) is 0 Å². The highest BCUT2D eigenvalue weighted by molar-refractivity contribution is 7.35. The number of thiophene rings is 7. The van der Waals surface area contributed by atoms with Gasteiger partial charge in [-0.2, -0.15) is 0 Å². The molecule has 7 aromatic heterocycles. The van der Waals surface area contributed by atoms with Crippen LogP contribution in [0, 0.1) is 34.6 Å². The molecule has 0 bridgehead atoms. The van der Waals surface area contributed by atoms with Crippen molar-refractivity contribution in [1.82, 2.24) is 0 Å². The monoisotopic (exact) mass is 648 g/mol. The maximum atomic E-state index is 13.7. The Labute approximate surface area is 258 Å². The number of hydrogen-bond acceptors (Lipinski definition) is 9. The Kier molecular flexibility index (Phi) is 5.65. The van der Waals surface area contributed by atoms with Crippen molar-refractivity contribution in [3.8, 4) is 29.3 Å². The Morgan fingerprint density at radius 2 is 1.10 bits per heavy atom. The quantitative estimate of drug-likeness (QED) is 0.191. The van der Waals surface area contributed by atoms with Gasteiger partial charge in [0.2, 0.25) is 11.6 Å². The first-order chi connectivity index (χ1) is 19.2. The van der Waals surface area contributed by atoms with Crippen LogP contribution in [0.25, 0.3) is 48.7 Å². The molecule has 1 aliphatic rings. The van der Waals surface area contributed by atoms with Gasteiger partial charge in [-0.3, -0.25) is 9.59 Å². The highest BCUT2D eigenvalue weighted by Crippen LogP contribution is 2.53. The Bertz CT molecular complexity index is 2210. The zero-order valence-corrected chi connectivity index (χ0v) is 27.8. The average molecular weight is 649 g/mol. The van der Waals surface area contributed by atoms with Crippen molar-refractivity contribution in [3.05, 3.63) is 77.0 Å². The van der Waals surface area contributed by atoms with E-state index in [1.807, 2.05) is 46.3 Å². The van der Waals surface area contributed by atoms with Crippen molar-refractivity contribution >= 4 is 110 Å². The molecule has 8 rings (SSSR count). The summed E-state index contributed by atoms with van der Waals surface area (Å²) in [6.07, 6.45) is 0. The van der Waals surface area contributed by atoms with Crippen LogP contribution in [-0.4, -0.2) is 11.6 Å². The third kappa shape index (κ3) is 3.40. The van der Waals surface area contributed by atoms with Crippen LogP contribution in [0.15, 0.2) is 29.6 Å². The van der Waals surface area contributed by atoms with Crippen molar-refractivity contribution in [1.29, 1.82) is 0 Å². The Morgan fingerprint density at radius 1 is 0.525 bits per heavy atom. The number of ketones is 2. The van der Waals surface area contributed by atoms with Crippen LogP contribution in [0.4, 0.5) is 0 Å². The van der Waals surface area contributed by atoms with Gasteiger partial charge in [0.25, 0.3) is 0 Å². The topological polar surface area (TPSA) is 34.1 Å². The lowest BCUT2D eigenvalue weighted by molar-refractivity contribution is 0.0986. The summed E-state index contributed by atoms with van der Waals surface area (Å²) in [5.74, 6) is 0.0137. The summed E-state index contributed by atoms with van der Waals surface area (Å²) in [5.41, 5.74) is 4.85. The molecule has 40 heavy (non-hydrogen) atoms. The number of hydrogen-bond donors (Lipinski definition) is 0. The molecule has 0 amide bonds. The molecule has 0 spiro atoms. The number of fused-ring (bicyclic) bond motifs is 5. The minimum Gasteiger partial charge on any atom is -0.288 e. The lowest BCUT2D eigenvalue weighted by atomic mass is 9.91. The highest BCUT2D eigenvalue weighted by Gasteiger charge is 2.38. The van der Waals surface area contributed by atoms with Gasteiger partial charge in [-0.1, -0.05) is 0 Å². The largest absolute Gasteiger partial charge is 0.288 e. The van der Waals surface area contributed by atoms with Gasteiger partial charge in [0.05, 0.1) is 24.9 Å². The summed E-state index contributed by atoms with van der Waals surface area (Å²) >= 11 is 12.1. The summed E-state index contributed by atoms with van der Waals surface area (Å²) < 4.78 is 3.86. The third-order valence-corrected chi connectivity index (χ3v) is 16.8. The van der Waals surface area contributed by atoms with E-state index in [0.29, 0.717) is 20.9 Å². The molecule has 0 fully saturated rings. The second-order valence-electron chi connectivity index (χ2n) is 10.1. The predicted octanol–water partition coefficient (Wildman–Crippen LogP) is 11.7. The molecule has 0 atom stereocenters. The van der Waals surface area contributed by atoms with Gasteiger partial charge in [-0.15, -0.1) is 79.4 Å². The van der Waals surface area contributed by atoms with E-state index < -0.39 is 0 Å². The number of carbonyl (C=O) groups is 2. The van der Waals surface area contributed by atoms with E-state index in [1.165, 1.54) is 72.5 Å². The maximum Gasteiger partial charge on any atom is 0.205 e. The van der Waals surface area contributed by atoms with Gasteiger partial charge >= 0.3 is 0 Å². The molecule has 0 aromatic carbocycles. The molecule has 7 heterocycles. The fourth-order valence-corrected chi connectivity index (χ4v) is 14.2. The molecule has 0 aliphatic heterocycles. The molecule has 0 unspecified atom stereocenters. The molecule has 0 N–H and O–H groups in total. The zero-order valence-electron chi connectivity index (χ0n) is 22.1. The lowest BCUT2D eigenvalue weighted by Crippen LogP contribution is -2.17. The van der Waals surface area contributed by atoms with Gasteiger partial charge in [0, 0.05) is 54.5 Å². The predicted molar refractivity (Wildman–Crippen MR) is 180 cm³/mol. The van der Waals surface area contributed by atoms with Crippen molar-refractivity contribution < 1.29 is 9.59 Å². The van der Waals surface area contributed by atoms with E-state index in [2.05, 4.69) is 52.0 Å². The van der Waals surface area contributed by atoms with Crippen LogP contribution in [0.2, 0.25) is 0 Å². The van der Waals surface area contributed by atoms with Crippen molar-refractivity contribution in [2.75, 3.05) is 0 Å². The summed E-state index contributed by atoms with van der Waals surface area (Å²) in [6, 6.07) is 8.88. The first-order valence-corrected chi connectivity index (χ1v) is 18.4. The average Bonchev–Trinajstić information content (AvgIpc) is 3.75. The van der Waals surface area contributed by atoms with Crippen molar-refractivity contribution in [2.24, 2.45) is 0 Å². The van der Waals surface area contributed by atoms with Gasteiger partial charge in [0.15, 0.2) is 0 Å². The smallest absolute Gasteiger partial charge is 0.205 e. The van der Waals surface area contributed by atoms with Crippen LogP contribution in [-0.2, 0) is 0 Å². The molecule has 1 aliphatic carbocycles. The standard InChI is InChI=1S/C31H20O2S7/c1-11-10-34-30-19(11)22(32)31-20(23(30)33)21-28(40-31)15(5)36-29(21)18-9-8-17(37-18)25-14(4)27-26(39-25)13(3)24(38-27)16-7-6-12(2)35-16/h6-10H,1-5H3. The normalized spacial score (nSPS) is 13.2. The second-order valence-corrected chi connectivity index (χ2v) is 17.7. The first-order valence-electron chi connectivity index (χ1n) is 12.7. The highest BCUT2D eigenvalue weighted by atomic mass is 32.1. The zero-order chi connectivity index (χ0) is 27.6. The van der Waals surface area contributed by atoms with E-state index in [1.54, 1.807) is 22.7 Å². The minimum atomic E-state index is 0.00586. The van der Waals surface area contributed by atoms with Crippen molar-refractivity contribution in [3.63, 3.8) is 0 Å². The van der Waals surface area contributed by atoms with Crippen LogP contribution in [0.5, 0.6) is 0 Å². The van der Waals surface area contributed by atoms with E-state index in [-0.39, 0.29) is 11.6 Å². The lowest BCUT2D eigenvalue weighted by Gasteiger charge is -2.11. The molecular weight excluding hydrogens is 629 g/mol. The van der Waals surface area contributed by atoms with E-state index in [0.717, 1.165) is 25.4 Å². The molecule has 198 valence electrons. The molecule has 0 saturated heterocycles. The number of rotatable bonds is 3. The van der Waals surface area contributed by atoms with Gasteiger partial charge in [0.1, 0.15) is 0 Å². The van der Waals surface area contributed by atoms with Gasteiger partial charge in [-0.25, -0.2) is 0 Å². The first kappa shape index (κ1) is 25.5. The summed E-state index contributed by atoms with van der Waals surface area (Å²) in [6.45, 7) is 10.7. The third-order valence-electron chi connectivity index (χ3n) is 7.55. The fourth-order valence-electron chi connectivity index (χ4n) is 5.58. The van der Waals surface area contributed by atoms with Crippen molar-refractivity contribution in [2.45, 2.75) is 34.6 Å². The number of carbonyl (C=O) groups excluding carboxylic acids is 2. The van der Waals surface area contributed by atoms with Crippen LogP contribution >= 0.6 is 79.4 Å². The van der Waals surface area contributed by atoms with Gasteiger partial charge < -0.3 is 0 Å². The molecule has 7 aromatic rings. The molecule has 0 radical (unpaired) electrons. The van der Waals surface area contributed by atoms with E-state index in [9.17, 15) is 9.59 Å². The summed E-state index contributed by atoms with van der Waals surface area (Å²) in [5, 5.41) is 2.90. The van der Waals surface area contributed by atoms with Gasteiger partial charge in [-0.05, 0) is 81.0 Å². The fraction of sp³-hybridized carbons (Fsp3) is 0.161. The molecule has 9 heteroatoms. The SMILES string of the molecule is Cc1ccc(-c2sc3c(C)c(-c4ccc(-c5sc(C)c6sc7c(c56)C(=O)c5scc(C)c5C7=O)s4)sc3c2C)s1. The Morgan fingerprint density at radius 3 is 1.75 bits per heavy atom. The van der Waals surface area contributed by atoms with Crippen LogP contribution < -0.4 is 0 Å².